The number of carbonyl (C=O) groups is 1. The summed E-state index contributed by atoms with van der Waals surface area (Å²) in [6.07, 6.45) is 8.04. The molecule has 8 heteroatoms. The number of urea groups is 1. The van der Waals surface area contributed by atoms with Crippen LogP contribution in [-0.2, 0) is 12.8 Å². The van der Waals surface area contributed by atoms with E-state index < -0.39 is 6.03 Å². The van der Waals surface area contributed by atoms with Crippen LogP contribution < -0.4 is 20.9 Å². The predicted octanol–water partition coefficient (Wildman–Crippen LogP) is 4.38. The molecule has 2 amide bonds. The number of fused-ring (bicyclic) bond motifs is 1. The first kappa shape index (κ1) is 21.7. The van der Waals surface area contributed by atoms with Gasteiger partial charge in [-0.1, -0.05) is 17.7 Å². The Bertz CT molecular complexity index is 942. The first-order valence-corrected chi connectivity index (χ1v) is 11.5. The SMILES string of the molecule is CN(C)c1nc(N[C@H]2CC[C@@H](N(C(N)=O)c3cccc(Cl)c3)CC2)nc2c1CCCC2. The molecule has 0 atom stereocenters. The molecule has 3 N–H and O–H groups in total. The zero-order valence-corrected chi connectivity index (χ0v) is 19.0. The maximum Gasteiger partial charge on any atom is 0.319 e. The molecule has 1 saturated carbocycles. The fraction of sp³-hybridized carbons (Fsp3) is 0.522. The first-order valence-electron chi connectivity index (χ1n) is 11.1. The van der Waals surface area contributed by atoms with Crippen LogP contribution >= 0.6 is 11.6 Å². The minimum atomic E-state index is -0.438. The maximum atomic E-state index is 12.2. The van der Waals surface area contributed by atoms with Crippen molar-refractivity contribution in [1.82, 2.24) is 9.97 Å². The van der Waals surface area contributed by atoms with Gasteiger partial charge >= 0.3 is 6.03 Å². The molecule has 2 aliphatic carbocycles. The number of halogens is 1. The summed E-state index contributed by atoms with van der Waals surface area (Å²) in [4.78, 5) is 25.6. The summed E-state index contributed by atoms with van der Waals surface area (Å²) in [7, 11) is 4.08. The van der Waals surface area contributed by atoms with Gasteiger partial charge in [0.15, 0.2) is 0 Å². The molecule has 1 fully saturated rings. The highest BCUT2D eigenvalue weighted by atomic mass is 35.5. The van der Waals surface area contributed by atoms with E-state index in [1.54, 1.807) is 17.0 Å². The van der Waals surface area contributed by atoms with Crippen molar-refractivity contribution in [3.8, 4) is 0 Å². The molecule has 0 unspecified atom stereocenters. The average molecular weight is 443 g/mol. The molecule has 0 bridgehead atoms. The van der Waals surface area contributed by atoms with Crippen molar-refractivity contribution >= 4 is 35.1 Å². The van der Waals surface area contributed by atoms with Gasteiger partial charge in [0, 0.05) is 42.5 Å². The minimum absolute atomic E-state index is 0.0656. The Labute approximate surface area is 189 Å². The lowest BCUT2D eigenvalue weighted by Gasteiger charge is -2.36. The van der Waals surface area contributed by atoms with Gasteiger partial charge in [-0.15, -0.1) is 0 Å². The lowest BCUT2D eigenvalue weighted by molar-refractivity contribution is 0.248. The number of benzene rings is 1. The molecule has 4 rings (SSSR count). The molecule has 0 saturated heterocycles. The van der Waals surface area contributed by atoms with Gasteiger partial charge in [0.05, 0.1) is 5.69 Å². The topological polar surface area (TPSA) is 87.4 Å². The number of aryl methyl sites for hydroxylation is 1. The monoisotopic (exact) mass is 442 g/mol. The number of rotatable bonds is 5. The van der Waals surface area contributed by atoms with Crippen molar-refractivity contribution in [1.29, 1.82) is 0 Å². The molecular weight excluding hydrogens is 412 g/mol. The van der Waals surface area contributed by atoms with E-state index in [4.69, 9.17) is 27.3 Å². The Morgan fingerprint density at radius 2 is 1.87 bits per heavy atom. The van der Waals surface area contributed by atoms with Crippen LogP contribution in [0.1, 0.15) is 49.8 Å². The van der Waals surface area contributed by atoms with Crippen LogP contribution in [0.2, 0.25) is 5.02 Å². The third-order valence-corrected chi connectivity index (χ3v) is 6.54. The number of carbonyl (C=O) groups excluding carboxylic acids is 1. The minimum Gasteiger partial charge on any atom is -0.362 e. The molecule has 0 radical (unpaired) electrons. The summed E-state index contributed by atoms with van der Waals surface area (Å²) in [5, 5.41) is 4.16. The highest BCUT2D eigenvalue weighted by Gasteiger charge is 2.30. The quantitative estimate of drug-likeness (QED) is 0.717. The first-order chi connectivity index (χ1) is 14.9. The fourth-order valence-electron chi connectivity index (χ4n) is 4.81. The van der Waals surface area contributed by atoms with Crippen LogP contribution in [0.15, 0.2) is 24.3 Å². The van der Waals surface area contributed by atoms with E-state index in [2.05, 4.69) is 10.2 Å². The van der Waals surface area contributed by atoms with Gasteiger partial charge in [0.25, 0.3) is 0 Å². The summed E-state index contributed by atoms with van der Waals surface area (Å²) in [6, 6.07) is 7.22. The van der Waals surface area contributed by atoms with Crippen LogP contribution in [0.4, 0.5) is 22.2 Å². The van der Waals surface area contributed by atoms with E-state index in [0.29, 0.717) is 5.02 Å². The largest absolute Gasteiger partial charge is 0.362 e. The van der Waals surface area contributed by atoms with E-state index in [9.17, 15) is 4.79 Å². The van der Waals surface area contributed by atoms with Crippen molar-refractivity contribution in [2.75, 3.05) is 29.2 Å². The van der Waals surface area contributed by atoms with Gasteiger partial charge in [-0.2, -0.15) is 4.98 Å². The lowest BCUT2D eigenvalue weighted by Crippen LogP contribution is -2.46. The van der Waals surface area contributed by atoms with Crippen molar-refractivity contribution in [2.45, 2.75) is 63.5 Å². The molecule has 2 aliphatic rings. The van der Waals surface area contributed by atoms with Gasteiger partial charge in [0.1, 0.15) is 5.82 Å². The van der Waals surface area contributed by atoms with Gasteiger partial charge in [0.2, 0.25) is 5.95 Å². The normalized spacial score (nSPS) is 20.6. The fourth-order valence-corrected chi connectivity index (χ4v) is 5.00. The van der Waals surface area contributed by atoms with E-state index in [1.165, 1.54) is 24.1 Å². The van der Waals surface area contributed by atoms with Crippen LogP contribution in [-0.4, -0.2) is 42.2 Å². The van der Waals surface area contributed by atoms with Crippen LogP contribution in [0, 0.1) is 0 Å². The third kappa shape index (κ3) is 4.87. The number of nitrogens with two attached hydrogens (primary N) is 1. The Balaban J connectivity index is 1.44. The Kier molecular flexibility index (Phi) is 6.51. The molecule has 0 aliphatic heterocycles. The second kappa shape index (κ2) is 9.30. The zero-order chi connectivity index (χ0) is 22.0. The second-order valence-corrected chi connectivity index (χ2v) is 9.17. The zero-order valence-electron chi connectivity index (χ0n) is 18.3. The van der Waals surface area contributed by atoms with Crippen molar-refractivity contribution in [3.63, 3.8) is 0 Å². The lowest BCUT2D eigenvalue weighted by atomic mass is 9.90. The van der Waals surface area contributed by atoms with Crippen LogP contribution in [0.3, 0.4) is 0 Å². The van der Waals surface area contributed by atoms with Crippen molar-refractivity contribution < 1.29 is 4.79 Å². The number of primary amides is 1. The average Bonchev–Trinajstić information content (AvgIpc) is 2.74. The summed E-state index contributed by atoms with van der Waals surface area (Å²) in [6.45, 7) is 0. The number of aromatic nitrogens is 2. The highest BCUT2D eigenvalue weighted by molar-refractivity contribution is 6.30. The van der Waals surface area contributed by atoms with Crippen LogP contribution in [0.5, 0.6) is 0 Å². The molecule has 7 nitrogen and oxygen atoms in total. The van der Waals surface area contributed by atoms with E-state index in [0.717, 1.165) is 56.0 Å². The standard InChI is InChI=1S/C23H31ClN6O/c1-29(2)21-19-8-3-4-9-20(19)27-23(28-21)26-16-10-12-17(13-11-16)30(22(25)31)18-7-5-6-15(24)14-18/h5-7,14,16-17H,3-4,8-13H2,1-2H3,(H2,25,31)(H,26,27,28)/t16-,17+. The number of anilines is 3. The molecule has 0 spiro atoms. The van der Waals surface area contributed by atoms with Gasteiger partial charge in [-0.3, -0.25) is 4.90 Å². The smallest absolute Gasteiger partial charge is 0.319 e. The molecule has 31 heavy (non-hydrogen) atoms. The number of nitrogens with one attached hydrogen (secondary N) is 1. The summed E-state index contributed by atoms with van der Waals surface area (Å²) >= 11 is 6.13. The van der Waals surface area contributed by atoms with Crippen molar-refractivity contribution in [3.05, 3.63) is 40.5 Å². The van der Waals surface area contributed by atoms with Gasteiger partial charge in [-0.05, 0) is 69.6 Å². The van der Waals surface area contributed by atoms with Gasteiger partial charge in [-0.25, -0.2) is 9.78 Å². The Morgan fingerprint density at radius 1 is 1.13 bits per heavy atom. The highest BCUT2D eigenvalue weighted by Crippen LogP contribution is 2.32. The molecule has 1 aromatic heterocycles. The molecule has 1 heterocycles. The predicted molar refractivity (Wildman–Crippen MR) is 126 cm³/mol. The molecular formula is C23H31ClN6O. The third-order valence-electron chi connectivity index (χ3n) is 6.30. The second-order valence-electron chi connectivity index (χ2n) is 8.74. The molecule has 166 valence electrons. The summed E-state index contributed by atoms with van der Waals surface area (Å²) in [5.41, 5.74) is 8.95. The number of nitrogens with zero attached hydrogens (tertiary/aromatic N) is 4. The molecule has 2 aromatic rings. The van der Waals surface area contributed by atoms with Gasteiger partial charge < -0.3 is 16.0 Å². The molecule has 1 aromatic carbocycles. The van der Waals surface area contributed by atoms with E-state index in [-0.39, 0.29) is 12.1 Å². The number of hydrogen-bond donors (Lipinski definition) is 2. The summed E-state index contributed by atoms with van der Waals surface area (Å²) < 4.78 is 0. The number of hydrogen-bond acceptors (Lipinski definition) is 5. The summed E-state index contributed by atoms with van der Waals surface area (Å²) in [5.74, 6) is 1.75. The van der Waals surface area contributed by atoms with Crippen molar-refractivity contribution in [2.24, 2.45) is 5.73 Å². The number of amides is 2. The van der Waals surface area contributed by atoms with E-state index in [1.807, 2.05) is 26.2 Å². The van der Waals surface area contributed by atoms with Crippen LogP contribution in [0.25, 0.3) is 0 Å². The van der Waals surface area contributed by atoms with E-state index >= 15 is 0 Å². The Morgan fingerprint density at radius 3 is 2.55 bits per heavy atom. The maximum absolute atomic E-state index is 12.2. The Hall–Kier alpha value is -2.54.